The Balaban J connectivity index is 1.61. The van der Waals surface area contributed by atoms with Gasteiger partial charge in [0.15, 0.2) is 0 Å². The molecule has 0 aliphatic carbocycles. The average molecular weight is 383 g/mol. The Morgan fingerprint density at radius 3 is 2.39 bits per heavy atom. The minimum absolute atomic E-state index is 0.191. The van der Waals surface area contributed by atoms with Crippen LogP contribution >= 0.6 is 0 Å². The number of aliphatic hydroxyl groups is 1. The van der Waals surface area contributed by atoms with Gasteiger partial charge in [0, 0.05) is 19.6 Å². The molecule has 0 saturated heterocycles. The Labute approximate surface area is 166 Å². The largest absolute Gasteiger partial charge is 0.497 e. The van der Waals surface area contributed by atoms with Crippen molar-refractivity contribution in [3.8, 4) is 11.5 Å². The molecule has 1 heterocycles. The first-order chi connectivity index (χ1) is 13.6. The average Bonchev–Trinajstić information content (AvgIpc) is 3.03. The lowest BCUT2D eigenvalue weighted by atomic mass is 10.1. The van der Waals surface area contributed by atoms with Crippen LogP contribution in [0, 0.1) is 13.8 Å². The Kier molecular flexibility index (Phi) is 6.93. The predicted molar refractivity (Wildman–Crippen MR) is 112 cm³/mol. The van der Waals surface area contributed by atoms with Gasteiger partial charge >= 0.3 is 0 Å². The Hall–Kier alpha value is -2.53. The van der Waals surface area contributed by atoms with E-state index in [0.717, 1.165) is 55.1 Å². The zero-order valence-corrected chi connectivity index (χ0v) is 17.1. The number of aliphatic hydroxyl groups excluding tert-OH is 1. The minimum atomic E-state index is 0.191. The molecule has 0 unspecified atom stereocenters. The van der Waals surface area contributed by atoms with Crippen molar-refractivity contribution >= 4 is 11.0 Å². The van der Waals surface area contributed by atoms with E-state index in [4.69, 9.17) is 14.5 Å². The van der Waals surface area contributed by atoms with Gasteiger partial charge in [0.25, 0.3) is 0 Å². The first kappa shape index (κ1) is 20.2. The highest BCUT2D eigenvalue weighted by molar-refractivity contribution is 5.78. The van der Waals surface area contributed by atoms with Gasteiger partial charge in [-0.1, -0.05) is 0 Å². The van der Waals surface area contributed by atoms with Gasteiger partial charge in [-0.25, -0.2) is 4.98 Å². The second kappa shape index (κ2) is 9.60. The number of aromatic nitrogens is 2. The minimum Gasteiger partial charge on any atom is -0.497 e. The molecule has 0 amide bonds. The number of rotatable bonds is 10. The molecular weight excluding hydrogens is 352 g/mol. The number of ether oxygens (including phenoxy) is 2. The SMILES string of the molecule is COc1ccc(OCCCCn2c(CCCO)nc3cc(C)c(C)cc32)cc1. The summed E-state index contributed by atoms with van der Waals surface area (Å²) in [6.45, 7) is 6.05. The van der Waals surface area contributed by atoms with E-state index < -0.39 is 0 Å². The zero-order chi connectivity index (χ0) is 19.9. The fraction of sp³-hybridized carbons (Fsp3) is 0.435. The van der Waals surface area contributed by atoms with Crippen molar-refractivity contribution in [2.45, 2.75) is 46.1 Å². The molecule has 3 rings (SSSR count). The lowest BCUT2D eigenvalue weighted by Crippen LogP contribution is -2.07. The normalized spacial score (nSPS) is 11.1. The van der Waals surface area contributed by atoms with Gasteiger partial charge in [-0.2, -0.15) is 0 Å². The highest BCUT2D eigenvalue weighted by Gasteiger charge is 2.12. The second-order valence-corrected chi connectivity index (χ2v) is 7.16. The Bertz CT molecular complexity index is 900. The molecule has 1 aromatic heterocycles. The number of methoxy groups -OCH3 is 1. The van der Waals surface area contributed by atoms with Crippen molar-refractivity contribution in [3.63, 3.8) is 0 Å². The molecule has 5 heteroatoms. The Morgan fingerprint density at radius 1 is 0.964 bits per heavy atom. The van der Waals surface area contributed by atoms with Crippen molar-refractivity contribution in [1.82, 2.24) is 9.55 Å². The summed E-state index contributed by atoms with van der Waals surface area (Å²) in [6, 6.07) is 12.1. The summed E-state index contributed by atoms with van der Waals surface area (Å²) in [5.74, 6) is 2.76. The zero-order valence-electron chi connectivity index (χ0n) is 17.1. The fourth-order valence-electron chi connectivity index (χ4n) is 3.34. The van der Waals surface area contributed by atoms with Crippen LogP contribution in [0.25, 0.3) is 11.0 Å². The number of imidazole rings is 1. The summed E-state index contributed by atoms with van der Waals surface area (Å²) in [7, 11) is 1.66. The number of fused-ring (bicyclic) bond motifs is 1. The molecule has 0 atom stereocenters. The van der Waals surface area contributed by atoms with E-state index in [1.165, 1.54) is 16.6 Å². The topological polar surface area (TPSA) is 56.5 Å². The molecule has 0 aliphatic heterocycles. The van der Waals surface area contributed by atoms with Crippen molar-refractivity contribution in [1.29, 1.82) is 0 Å². The molecule has 5 nitrogen and oxygen atoms in total. The van der Waals surface area contributed by atoms with Crippen LogP contribution in [0.4, 0.5) is 0 Å². The molecular formula is C23H30N2O3. The maximum Gasteiger partial charge on any atom is 0.119 e. The van der Waals surface area contributed by atoms with E-state index in [-0.39, 0.29) is 6.61 Å². The molecule has 0 saturated carbocycles. The third-order valence-corrected chi connectivity index (χ3v) is 5.11. The molecule has 0 aliphatic rings. The third-order valence-electron chi connectivity index (χ3n) is 5.11. The lowest BCUT2D eigenvalue weighted by Gasteiger charge is -2.11. The molecule has 28 heavy (non-hydrogen) atoms. The van der Waals surface area contributed by atoms with Crippen molar-refractivity contribution in [2.24, 2.45) is 0 Å². The first-order valence-electron chi connectivity index (χ1n) is 9.96. The number of benzene rings is 2. The fourth-order valence-corrected chi connectivity index (χ4v) is 3.34. The molecule has 0 spiro atoms. The third kappa shape index (κ3) is 4.84. The second-order valence-electron chi connectivity index (χ2n) is 7.16. The summed E-state index contributed by atoms with van der Waals surface area (Å²) in [4.78, 5) is 4.82. The maximum atomic E-state index is 9.21. The predicted octanol–water partition coefficient (Wildman–Crippen LogP) is 4.45. The molecule has 0 bridgehead atoms. The maximum absolute atomic E-state index is 9.21. The van der Waals surface area contributed by atoms with Crippen molar-refractivity contribution in [2.75, 3.05) is 20.3 Å². The van der Waals surface area contributed by atoms with Crippen LogP contribution in [0.3, 0.4) is 0 Å². The molecule has 1 N–H and O–H groups in total. The molecule has 0 fully saturated rings. The van der Waals surface area contributed by atoms with Gasteiger partial charge in [0.1, 0.15) is 17.3 Å². The highest BCUT2D eigenvalue weighted by atomic mass is 16.5. The number of hydrogen-bond acceptors (Lipinski definition) is 4. The van der Waals surface area contributed by atoms with Crippen LogP contribution in [0.5, 0.6) is 11.5 Å². The van der Waals surface area contributed by atoms with Gasteiger partial charge in [0.2, 0.25) is 0 Å². The van der Waals surface area contributed by atoms with Crippen LogP contribution in [0.15, 0.2) is 36.4 Å². The van der Waals surface area contributed by atoms with E-state index in [0.29, 0.717) is 6.61 Å². The van der Waals surface area contributed by atoms with Crippen molar-refractivity contribution < 1.29 is 14.6 Å². The number of nitrogens with zero attached hydrogens (tertiary/aromatic N) is 2. The summed E-state index contributed by atoms with van der Waals surface area (Å²) in [5.41, 5.74) is 4.78. The van der Waals surface area contributed by atoms with E-state index in [9.17, 15) is 5.11 Å². The van der Waals surface area contributed by atoms with Gasteiger partial charge in [-0.05, 0) is 80.6 Å². The van der Waals surface area contributed by atoms with E-state index >= 15 is 0 Å². The first-order valence-corrected chi connectivity index (χ1v) is 9.96. The monoisotopic (exact) mass is 382 g/mol. The van der Waals surface area contributed by atoms with Crippen LogP contribution in [-0.2, 0) is 13.0 Å². The van der Waals surface area contributed by atoms with Crippen molar-refractivity contribution in [3.05, 3.63) is 53.3 Å². The van der Waals surface area contributed by atoms with Crippen LogP contribution in [0.1, 0.15) is 36.2 Å². The van der Waals surface area contributed by atoms with Gasteiger partial charge in [-0.15, -0.1) is 0 Å². The van der Waals surface area contributed by atoms with Crippen LogP contribution in [-0.4, -0.2) is 35.0 Å². The Morgan fingerprint density at radius 2 is 1.68 bits per heavy atom. The number of unbranched alkanes of at least 4 members (excludes halogenated alkanes) is 1. The van der Waals surface area contributed by atoms with Gasteiger partial charge in [0.05, 0.1) is 24.8 Å². The summed E-state index contributed by atoms with van der Waals surface area (Å²) >= 11 is 0. The standard InChI is InChI=1S/C23H30N2O3/c1-17-15-21-22(16-18(17)2)25(23(24-21)7-6-13-26)12-4-5-14-28-20-10-8-19(27-3)9-11-20/h8-11,15-16,26H,4-7,12-14H2,1-3H3. The number of aryl methyl sites for hydroxylation is 4. The molecule has 2 aromatic carbocycles. The van der Waals surface area contributed by atoms with Gasteiger partial charge < -0.3 is 19.1 Å². The molecule has 0 radical (unpaired) electrons. The van der Waals surface area contributed by atoms with E-state index in [1.54, 1.807) is 7.11 Å². The molecule has 150 valence electrons. The summed E-state index contributed by atoms with van der Waals surface area (Å²) < 4.78 is 13.3. The van der Waals surface area contributed by atoms with Crippen LogP contribution in [0.2, 0.25) is 0 Å². The smallest absolute Gasteiger partial charge is 0.119 e. The molecule has 3 aromatic rings. The van der Waals surface area contributed by atoms with Crippen LogP contribution < -0.4 is 9.47 Å². The lowest BCUT2D eigenvalue weighted by molar-refractivity contribution is 0.286. The summed E-state index contributed by atoms with van der Waals surface area (Å²) in [5, 5.41) is 9.21. The summed E-state index contributed by atoms with van der Waals surface area (Å²) in [6.07, 6.45) is 3.52. The van der Waals surface area contributed by atoms with E-state index in [1.807, 2.05) is 24.3 Å². The quantitative estimate of drug-likeness (QED) is 0.527. The van der Waals surface area contributed by atoms with Gasteiger partial charge in [-0.3, -0.25) is 0 Å². The number of hydrogen-bond donors (Lipinski definition) is 1. The highest BCUT2D eigenvalue weighted by Crippen LogP contribution is 2.22. The van der Waals surface area contributed by atoms with E-state index in [2.05, 4.69) is 30.5 Å².